The number of hydrogen-bond donors (Lipinski definition) is 3. The highest BCUT2D eigenvalue weighted by Crippen LogP contribution is 2.34. The molecule has 0 radical (unpaired) electrons. The smallest absolute Gasteiger partial charge is 0.115 e. The summed E-state index contributed by atoms with van der Waals surface area (Å²) in [4.78, 5) is 0. The van der Waals surface area contributed by atoms with E-state index in [-0.39, 0.29) is 24.9 Å². The van der Waals surface area contributed by atoms with E-state index in [2.05, 4.69) is 0 Å². The maximum atomic E-state index is 10.4. The zero-order chi connectivity index (χ0) is 15.5. The zero-order valence-electron chi connectivity index (χ0n) is 12.4. The van der Waals surface area contributed by atoms with E-state index in [1.54, 1.807) is 0 Å². The Labute approximate surface area is 129 Å². The van der Waals surface area contributed by atoms with Gasteiger partial charge in [0.15, 0.2) is 0 Å². The number of rotatable bonds is 5. The molecule has 2 fully saturated rings. The number of aliphatic hydroxyl groups excluding tert-OH is 2. The van der Waals surface area contributed by atoms with Crippen molar-refractivity contribution in [3.63, 3.8) is 0 Å². The normalized spacial score (nSPS) is 38.0. The molecule has 2 heterocycles. The first-order valence-electron chi connectivity index (χ1n) is 7.68. The summed E-state index contributed by atoms with van der Waals surface area (Å²) in [5, 5.41) is 19.8. The second kappa shape index (κ2) is 7.04. The van der Waals surface area contributed by atoms with Gasteiger partial charge < -0.3 is 30.2 Å². The fourth-order valence-electron chi connectivity index (χ4n) is 3.15. The van der Waals surface area contributed by atoms with E-state index in [0.717, 1.165) is 5.56 Å². The average Bonchev–Trinajstić information content (AvgIpc) is 2.97. The minimum absolute atomic E-state index is 0.0949. The van der Waals surface area contributed by atoms with Crippen LogP contribution in [-0.4, -0.2) is 60.0 Å². The molecule has 6 heteroatoms. The maximum Gasteiger partial charge on any atom is 0.115 e. The van der Waals surface area contributed by atoms with Crippen molar-refractivity contribution in [1.82, 2.24) is 0 Å². The summed E-state index contributed by atoms with van der Waals surface area (Å²) in [7, 11) is 0. The van der Waals surface area contributed by atoms with Gasteiger partial charge in [0.25, 0.3) is 0 Å². The first kappa shape index (κ1) is 15.9. The molecule has 4 N–H and O–H groups in total. The molecule has 122 valence electrons. The molecule has 0 aliphatic carbocycles. The Bertz CT molecular complexity index is 471. The first-order valence-corrected chi connectivity index (χ1v) is 7.68. The van der Waals surface area contributed by atoms with E-state index >= 15 is 0 Å². The van der Waals surface area contributed by atoms with Gasteiger partial charge in [-0.1, -0.05) is 30.3 Å². The third kappa shape index (κ3) is 3.17. The van der Waals surface area contributed by atoms with Gasteiger partial charge in [-0.3, -0.25) is 0 Å². The van der Waals surface area contributed by atoms with Crippen molar-refractivity contribution in [2.45, 2.75) is 49.7 Å². The second-order valence-corrected chi connectivity index (χ2v) is 5.84. The van der Waals surface area contributed by atoms with Crippen LogP contribution in [0.5, 0.6) is 0 Å². The van der Waals surface area contributed by atoms with Crippen molar-refractivity contribution in [2.24, 2.45) is 5.73 Å². The second-order valence-electron chi connectivity index (χ2n) is 5.84. The van der Waals surface area contributed by atoms with Crippen molar-refractivity contribution in [1.29, 1.82) is 0 Å². The summed E-state index contributed by atoms with van der Waals surface area (Å²) < 4.78 is 17.5. The summed E-state index contributed by atoms with van der Waals surface area (Å²) in [6.45, 7) is 0.533. The highest BCUT2D eigenvalue weighted by atomic mass is 16.6. The molecule has 0 aromatic heterocycles. The molecule has 6 atom stereocenters. The van der Waals surface area contributed by atoms with Crippen LogP contribution in [0.15, 0.2) is 30.3 Å². The zero-order valence-corrected chi connectivity index (χ0v) is 12.4. The SMILES string of the molecule is NCC1C[C@H]2O[C@H](CO)[C@@H](O)[C@H](OCc3ccccc3)[C@H]2O1. The predicted octanol–water partition coefficient (Wildman–Crippen LogP) is -0.191. The number of ether oxygens (including phenoxy) is 3. The van der Waals surface area contributed by atoms with Gasteiger partial charge in [0.05, 0.1) is 25.4 Å². The number of hydrogen-bond acceptors (Lipinski definition) is 6. The van der Waals surface area contributed by atoms with Crippen LogP contribution >= 0.6 is 0 Å². The molecule has 0 spiro atoms. The topological polar surface area (TPSA) is 94.2 Å². The quantitative estimate of drug-likeness (QED) is 0.698. The molecule has 1 aromatic rings. The minimum atomic E-state index is -0.925. The molecule has 2 saturated heterocycles. The summed E-state index contributed by atoms with van der Waals surface area (Å²) in [6, 6.07) is 9.75. The van der Waals surface area contributed by atoms with E-state index < -0.39 is 18.3 Å². The summed E-state index contributed by atoms with van der Waals surface area (Å²) in [5.41, 5.74) is 6.69. The van der Waals surface area contributed by atoms with E-state index in [4.69, 9.17) is 19.9 Å². The number of benzene rings is 1. The molecule has 1 unspecified atom stereocenters. The third-order valence-corrected chi connectivity index (χ3v) is 4.33. The standard InChI is InChI=1S/C16H23NO5/c17-7-11-6-12-15(21-11)16(14(19)13(8-18)22-12)20-9-10-4-2-1-3-5-10/h1-5,11-16,18-19H,6-9,17H2/t11?,12-,13-,14-,15+,16+/m1/s1. The Morgan fingerprint density at radius 3 is 2.68 bits per heavy atom. The summed E-state index contributed by atoms with van der Waals surface area (Å²) >= 11 is 0. The van der Waals surface area contributed by atoms with E-state index in [1.807, 2.05) is 30.3 Å². The highest BCUT2D eigenvalue weighted by molar-refractivity contribution is 5.13. The molecule has 0 bridgehead atoms. The van der Waals surface area contributed by atoms with Gasteiger partial charge in [0, 0.05) is 13.0 Å². The Hall–Kier alpha value is -1.02. The van der Waals surface area contributed by atoms with E-state index in [1.165, 1.54) is 0 Å². The lowest BCUT2D eigenvalue weighted by Crippen LogP contribution is -2.58. The van der Waals surface area contributed by atoms with E-state index in [0.29, 0.717) is 19.6 Å². The van der Waals surface area contributed by atoms with Gasteiger partial charge in [-0.25, -0.2) is 0 Å². The monoisotopic (exact) mass is 309 g/mol. The molecule has 6 nitrogen and oxygen atoms in total. The van der Waals surface area contributed by atoms with Crippen molar-refractivity contribution < 1.29 is 24.4 Å². The Morgan fingerprint density at radius 2 is 2.00 bits per heavy atom. The van der Waals surface area contributed by atoms with Crippen LogP contribution in [-0.2, 0) is 20.8 Å². The van der Waals surface area contributed by atoms with Gasteiger partial charge in [-0.2, -0.15) is 0 Å². The van der Waals surface area contributed by atoms with E-state index in [9.17, 15) is 10.2 Å². The van der Waals surface area contributed by atoms with Crippen molar-refractivity contribution in [2.75, 3.05) is 13.2 Å². The Kier molecular flexibility index (Phi) is 5.07. The average molecular weight is 309 g/mol. The Balaban J connectivity index is 1.70. The molecular formula is C16H23NO5. The van der Waals surface area contributed by atoms with Crippen LogP contribution in [0.3, 0.4) is 0 Å². The molecule has 1 aromatic carbocycles. The lowest BCUT2D eigenvalue weighted by molar-refractivity contribution is -0.233. The number of fused-ring (bicyclic) bond motifs is 1. The van der Waals surface area contributed by atoms with Gasteiger partial charge in [0.1, 0.15) is 24.4 Å². The van der Waals surface area contributed by atoms with Gasteiger partial charge in [-0.15, -0.1) is 0 Å². The fraction of sp³-hybridized carbons (Fsp3) is 0.625. The maximum absolute atomic E-state index is 10.4. The largest absolute Gasteiger partial charge is 0.394 e. The molecule has 0 saturated carbocycles. The van der Waals surface area contributed by atoms with Crippen LogP contribution in [0.1, 0.15) is 12.0 Å². The molecule has 3 rings (SSSR count). The summed E-state index contributed by atoms with van der Waals surface area (Å²) in [5.74, 6) is 0. The number of nitrogens with two attached hydrogens (primary N) is 1. The van der Waals surface area contributed by atoms with Crippen LogP contribution in [0.2, 0.25) is 0 Å². The van der Waals surface area contributed by atoms with Crippen LogP contribution in [0.4, 0.5) is 0 Å². The third-order valence-electron chi connectivity index (χ3n) is 4.33. The van der Waals surface area contributed by atoms with Crippen LogP contribution in [0.25, 0.3) is 0 Å². The lowest BCUT2D eigenvalue weighted by atomic mass is 9.94. The van der Waals surface area contributed by atoms with Gasteiger partial charge in [-0.05, 0) is 5.56 Å². The van der Waals surface area contributed by atoms with Crippen molar-refractivity contribution >= 4 is 0 Å². The fourth-order valence-corrected chi connectivity index (χ4v) is 3.15. The Morgan fingerprint density at radius 1 is 1.23 bits per heavy atom. The number of aliphatic hydroxyl groups is 2. The lowest BCUT2D eigenvalue weighted by Gasteiger charge is -2.40. The molecule has 22 heavy (non-hydrogen) atoms. The predicted molar refractivity (Wildman–Crippen MR) is 79.1 cm³/mol. The molecular weight excluding hydrogens is 286 g/mol. The first-order chi connectivity index (χ1) is 10.7. The van der Waals surface area contributed by atoms with Crippen LogP contribution in [0, 0.1) is 0 Å². The molecule has 2 aliphatic rings. The molecule has 0 amide bonds. The van der Waals surface area contributed by atoms with Crippen molar-refractivity contribution in [3.05, 3.63) is 35.9 Å². The minimum Gasteiger partial charge on any atom is -0.394 e. The highest BCUT2D eigenvalue weighted by Gasteiger charge is 2.51. The van der Waals surface area contributed by atoms with Gasteiger partial charge in [0.2, 0.25) is 0 Å². The van der Waals surface area contributed by atoms with Gasteiger partial charge >= 0.3 is 0 Å². The summed E-state index contributed by atoms with van der Waals surface area (Å²) in [6.07, 6.45) is -2.09. The van der Waals surface area contributed by atoms with Crippen LogP contribution < -0.4 is 5.73 Å². The molecule has 2 aliphatic heterocycles. The van der Waals surface area contributed by atoms with Crippen molar-refractivity contribution in [3.8, 4) is 0 Å².